The van der Waals surface area contributed by atoms with Gasteiger partial charge in [-0.05, 0) is 44.7 Å². The zero-order chi connectivity index (χ0) is 18.7. The smallest absolute Gasteiger partial charge is 0.0337 e. The van der Waals surface area contributed by atoms with Gasteiger partial charge in [0.25, 0.3) is 0 Å². The molecular weight excluding hydrogens is 302 g/mol. The number of benzene rings is 2. The quantitative estimate of drug-likeness (QED) is 0.580. The Hall–Kier alpha value is -1.76. The van der Waals surface area contributed by atoms with Gasteiger partial charge in [-0.3, -0.25) is 0 Å². The summed E-state index contributed by atoms with van der Waals surface area (Å²) in [7, 11) is 1.92. The monoisotopic (exact) mass is 339 g/mol. The van der Waals surface area contributed by atoms with Crippen molar-refractivity contribution in [1.29, 1.82) is 0 Å². The van der Waals surface area contributed by atoms with Crippen LogP contribution < -0.4 is 5.32 Å². The number of anilines is 1. The number of rotatable bonds is 1. The van der Waals surface area contributed by atoms with E-state index in [2.05, 4.69) is 88.5 Å². The summed E-state index contributed by atoms with van der Waals surface area (Å²) in [4.78, 5) is 0. The highest BCUT2D eigenvalue weighted by atomic mass is 14.8. The third-order valence-electron chi connectivity index (χ3n) is 4.86. The molecule has 0 atom stereocenters. The maximum atomic E-state index is 3.05. The molecule has 2 aromatic rings. The van der Waals surface area contributed by atoms with E-state index in [1.165, 1.54) is 48.1 Å². The molecule has 3 rings (SSSR count). The molecule has 0 saturated heterocycles. The number of hydrogen-bond donors (Lipinski definition) is 1. The summed E-state index contributed by atoms with van der Waals surface area (Å²) >= 11 is 0. The minimum absolute atomic E-state index is 1.02. The third kappa shape index (κ3) is 9.96. The van der Waals surface area contributed by atoms with Crippen molar-refractivity contribution in [3.8, 4) is 0 Å². The largest absolute Gasteiger partial charge is 0.388 e. The topological polar surface area (TPSA) is 12.0 Å². The lowest BCUT2D eigenvalue weighted by molar-refractivity contribution is 0.308. The van der Waals surface area contributed by atoms with Gasteiger partial charge < -0.3 is 5.32 Å². The molecule has 0 amide bonds. The molecule has 1 saturated carbocycles. The van der Waals surface area contributed by atoms with Gasteiger partial charge in [0, 0.05) is 12.7 Å². The van der Waals surface area contributed by atoms with E-state index in [9.17, 15) is 0 Å². The Morgan fingerprint density at radius 2 is 0.880 bits per heavy atom. The number of aryl methyl sites for hydroxylation is 3. The molecule has 0 spiro atoms. The summed E-state index contributed by atoms with van der Waals surface area (Å²) in [6, 6.07) is 16.8. The molecule has 1 aliphatic rings. The van der Waals surface area contributed by atoms with Gasteiger partial charge in [-0.2, -0.15) is 0 Å². The van der Waals surface area contributed by atoms with Gasteiger partial charge in [-0.1, -0.05) is 92.6 Å². The molecule has 0 aromatic heterocycles. The van der Waals surface area contributed by atoms with E-state index in [0.29, 0.717) is 0 Å². The van der Waals surface area contributed by atoms with Crippen molar-refractivity contribution < 1.29 is 0 Å². The first-order chi connectivity index (χ1) is 11.9. The van der Waals surface area contributed by atoms with Crippen molar-refractivity contribution in [3.05, 3.63) is 65.2 Å². The first-order valence-corrected chi connectivity index (χ1v) is 9.68. The molecule has 0 radical (unpaired) electrons. The molecule has 0 aliphatic heterocycles. The van der Waals surface area contributed by atoms with Gasteiger partial charge in [0.05, 0.1) is 0 Å². The normalized spacial score (nSPS) is 19.0. The number of hydrogen-bond acceptors (Lipinski definition) is 1. The maximum absolute atomic E-state index is 3.05. The predicted molar refractivity (Wildman–Crippen MR) is 113 cm³/mol. The summed E-state index contributed by atoms with van der Waals surface area (Å²) in [5, 5.41) is 3.05. The fourth-order valence-electron chi connectivity index (χ4n) is 2.78. The molecule has 1 N–H and O–H groups in total. The SMILES string of the molecule is CC1CCC(C)CC1.CNc1ccc(C)cc1.Cc1ccc(C)cc1. The average molecular weight is 340 g/mol. The molecule has 1 nitrogen and oxygen atoms in total. The Labute approximate surface area is 155 Å². The van der Waals surface area contributed by atoms with E-state index in [4.69, 9.17) is 0 Å². The summed E-state index contributed by atoms with van der Waals surface area (Å²) in [5.74, 6) is 2.04. The molecule has 0 unspecified atom stereocenters. The van der Waals surface area contributed by atoms with Gasteiger partial charge in [-0.25, -0.2) is 0 Å². The Morgan fingerprint density at radius 1 is 0.600 bits per heavy atom. The van der Waals surface area contributed by atoms with Crippen LogP contribution in [0.15, 0.2) is 48.5 Å². The van der Waals surface area contributed by atoms with Crippen LogP contribution in [0.3, 0.4) is 0 Å². The van der Waals surface area contributed by atoms with Gasteiger partial charge >= 0.3 is 0 Å². The van der Waals surface area contributed by atoms with Crippen molar-refractivity contribution in [2.45, 2.75) is 60.3 Å². The van der Waals surface area contributed by atoms with Crippen molar-refractivity contribution in [2.24, 2.45) is 11.8 Å². The standard InChI is InChI=1S/C8H11N.C8H16.C8H10/c1-7-3-5-8(9-2)6-4-7;2*1-7-3-5-8(2)6-4-7/h3-6,9H,1-2H3;7-8H,3-6H2,1-2H3;3-6H,1-2H3. The lowest BCUT2D eigenvalue weighted by atomic mass is 9.84. The molecule has 2 aromatic carbocycles. The van der Waals surface area contributed by atoms with Gasteiger partial charge in [0.2, 0.25) is 0 Å². The minimum atomic E-state index is 1.02. The first kappa shape index (κ1) is 21.3. The highest BCUT2D eigenvalue weighted by molar-refractivity contribution is 5.43. The molecule has 0 bridgehead atoms. The molecule has 138 valence electrons. The second-order valence-electron chi connectivity index (χ2n) is 7.64. The zero-order valence-corrected chi connectivity index (χ0v) is 17.1. The van der Waals surface area contributed by atoms with Gasteiger partial charge in [-0.15, -0.1) is 0 Å². The predicted octanol–water partition coefficient (Wildman–Crippen LogP) is 7.17. The summed E-state index contributed by atoms with van der Waals surface area (Å²) in [6.45, 7) is 11.0. The molecule has 1 aliphatic carbocycles. The minimum Gasteiger partial charge on any atom is -0.388 e. The molecule has 1 fully saturated rings. The van der Waals surface area contributed by atoms with Crippen LogP contribution in [-0.2, 0) is 0 Å². The second kappa shape index (κ2) is 11.7. The van der Waals surface area contributed by atoms with Crippen molar-refractivity contribution in [3.63, 3.8) is 0 Å². The average Bonchev–Trinajstić information content (AvgIpc) is 2.62. The van der Waals surface area contributed by atoms with E-state index < -0.39 is 0 Å². The lowest BCUT2D eigenvalue weighted by Gasteiger charge is -2.22. The Morgan fingerprint density at radius 3 is 1.16 bits per heavy atom. The lowest BCUT2D eigenvalue weighted by Crippen LogP contribution is -2.08. The van der Waals surface area contributed by atoms with Crippen LogP contribution in [-0.4, -0.2) is 7.05 Å². The highest BCUT2D eigenvalue weighted by Crippen LogP contribution is 2.27. The Bertz CT molecular complexity index is 529. The van der Waals surface area contributed by atoms with Crippen molar-refractivity contribution in [1.82, 2.24) is 0 Å². The molecule has 0 heterocycles. The van der Waals surface area contributed by atoms with Gasteiger partial charge in [0.1, 0.15) is 0 Å². The second-order valence-corrected chi connectivity index (χ2v) is 7.64. The van der Waals surface area contributed by atoms with Crippen LogP contribution in [0.1, 0.15) is 56.2 Å². The van der Waals surface area contributed by atoms with E-state index in [0.717, 1.165) is 11.8 Å². The third-order valence-corrected chi connectivity index (χ3v) is 4.86. The summed E-state index contributed by atoms with van der Waals surface area (Å²) in [5.41, 5.74) is 5.13. The van der Waals surface area contributed by atoms with Crippen LogP contribution in [0.2, 0.25) is 0 Å². The van der Waals surface area contributed by atoms with E-state index in [-0.39, 0.29) is 0 Å². The fourth-order valence-corrected chi connectivity index (χ4v) is 2.78. The Kier molecular flexibility index (Phi) is 9.99. The van der Waals surface area contributed by atoms with Gasteiger partial charge in [0.15, 0.2) is 0 Å². The molecular formula is C24H37N. The van der Waals surface area contributed by atoms with Crippen LogP contribution in [0, 0.1) is 32.6 Å². The van der Waals surface area contributed by atoms with Crippen LogP contribution in [0.25, 0.3) is 0 Å². The van der Waals surface area contributed by atoms with Crippen LogP contribution >= 0.6 is 0 Å². The highest BCUT2D eigenvalue weighted by Gasteiger charge is 2.13. The van der Waals surface area contributed by atoms with Crippen LogP contribution in [0.4, 0.5) is 5.69 Å². The zero-order valence-electron chi connectivity index (χ0n) is 17.1. The first-order valence-electron chi connectivity index (χ1n) is 9.68. The summed E-state index contributed by atoms with van der Waals surface area (Å²) in [6.07, 6.45) is 5.89. The molecule has 25 heavy (non-hydrogen) atoms. The maximum Gasteiger partial charge on any atom is 0.0337 e. The summed E-state index contributed by atoms with van der Waals surface area (Å²) < 4.78 is 0. The molecule has 1 heteroatoms. The van der Waals surface area contributed by atoms with E-state index >= 15 is 0 Å². The Balaban J connectivity index is 0.000000188. The van der Waals surface area contributed by atoms with E-state index in [1.807, 2.05) is 7.05 Å². The van der Waals surface area contributed by atoms with Crippen molar-refractivity contribution in [2.75, 3.05) is 12.4 Å². The van der Waals surface area contributed by atoms with Crippen LogP contribution in [0.5, 0.6) is 0 Å². The number of nitrogens with one attached hydrogen (secondary N) is 1. The van der Waals surface area contributed by atoms with E-state index in [1.54, 1.807) is 0 Å². The fraction of sp³-hybridized carbons (Fsp3) is 0.500. The van der Waals surface area contributed by atoms with Crippen molar-refractivity contribution >= 4 is 5.69 Å².